The smallest absolute Gasteiger partial charge is 0.220 e. The molecular weight excluding hydrogens is 995 g/mol. The number of carbonyl (C=O) groups is 1. The zero-order chi connectivity index (χ0) is 57.9. The molecule has 1 aliphatic rings. The Morgan fingerprint density at radius 2 is 0.787 bits per heavy atom. The van der Waals surface area contributed by atoms with Crippen LogP contribution in [0.2, 0.25) is 0 Å². The van der Waals surface area contributed by atoms with E-state index in [2.05, 4.69) is 92.1 Å². The summed E-state index contributed by atoms with van der Waals surface area (Å²) in [7, 11) is 0. The second kappa shape index (κ2) is 59.5. The first-order valence-electron chi connectivity index (χ1n) is 33.8. The molecule has 0 saturated carbocycles. The van der Waals surface area contributed by atoms with Gasteiger partial charge in [-0.1, -0.05) is 298 Å². The van der Waals surface area contributed by atoms with Gasteiger partial charge >= 0.3 is 0 Å². The molecule has 9 nitrogen and oxygen atoms in total. The van der Waals surface area contributed by atoms with Crippen LogP contribution >= 0.6 is 0 Å². The summed E-state index contributed by atoms with van der Waals surface area (Å²) in [5, 5.41) is 54.7. The van der Waals surface area contributed by atoms with Gasteiger partial charge in [0.05, 0.1) is 25.4 Å². The molecular formula is C71H127NO8. The third-order valence-corrected chi connectivity index (χ3v) is 15.7. The van der Waals surface area contributed by atoms with E-state index >= 15 is 0 Å². The van der Waals surface area contributed by atoms with Crippen molar-refractivity contribution in [2.45, 2.75) is 346 Å². The molecule has 9 heteroatoms. The van der Waals surface area contributed by atoms with Gasteiger partial charge in [-0.15, -0.1) is 0 Å². The fourth-order valence-corrected chi connectivity index (χ4v) is 10.4. The number of unbranched alkanes of at least 4 members (excludes halogenated alkanes) is 36. The van der Waals surface area contributed by atoms with Crippen molar-refractivity contribution in [3.63, 3.8) is 0 Å². The van der Waals surface area contributed by atoms with Crippen LogP contribution in [-0.4, -0.2) is 87.5 Å². The van der Waals surface area contributed by atoms with Crippen molar-refractivity contribution in [3.8, 4) is 0 Å². The maximum absolute atomic E-state index is 13.1. The number of aliphatic hydroxyl groups excluding tert-OH is 5. The summed E-state index contributed by atoms with van der Waals surface area (Å²) in [4.78, 5) is 13.1. The molecule has 1 saturated heterocycles. The van der Waals surface area contributed by atoms with Gasteiger partial charge in [-0.3, -0.25) is 4.79 Å². The highest BCUT2D eigenvalue weighted by Crippen LogP contribution is 2.23. The predicted molar refractivity (Wildman–Crippen MR) is 341 cm³/mol. The normalized spacial score (nSPS) is 19.0. The van der Waals surface area contributed by atoms with Crippen LogP contribution in [0, 0.1) is 0 Å². The molecule has 0 bridgehead atoms. The van der Waals surface area contributed by atoms with Crippen LogP contribution in [0.5, 0.6) is 0 Å². The van der Waals surface area contributed by atoms with E-state index in [1.807, 2.05) is 6.08 Å². The van der Waals surface area contributed by atoms with E-state index in [0.717, 1.165) is 70.6 Å². The molecule has 0 aromatic heterocycles. The van der Waals surface area contributed by atoms with Crippen molar-refractivity contribution in [3.05, 3.63) is 85.1 Å². The van der Waals surface area contributed by atoms with Crippen molar-refractivity contribution >= 4 is 5.91 Å². The zero-order valence-corrected chi connectivity index (χ0v) is 51.8. The lowest BCUT2D eigenvalue weighted by molar-refractivity contribution is -0.302. The maximum atomic E-state index is 13.1. The molecule has 0 aliphatic carbocycles. The number of allylic oxidation sites excluding steroid dienone is 13. The van der Waals surface area contributed by atoms with Gasteiger partial charge in [-0.2, -0.15) is 0 Å². The summed E-state index contributed by atoms with van der Waals surface area (Å²) in [6, 6.07) is -0.835. The van der Waals surface area contributed by atoms with Gasteiger partial charge in [0.2, 0.25) is 5.91 Å². The van der Waals surface area contributed by atoms with E-state index in [0.29, 0.717) is 6.42 Å². The first-order valence-corrected chi connectivity index (χ1v) is 33.8. The third kappa shape index (κ3) is 47.8. The Morgan fingerprint density at radius 3 is 1.20 bits per heavy atom. The Balaban J connectivity index is 2.19. The molecule has 80 heavy (non-hydrogen) atoms. The summed E-state index contributed by atoms with van der Waals surface area (Å²) in [6.45, 7) is 3.68. The zero-order valence-electron chi connectivity index (χ0n) is 51.8. The Bertz CT molecular complexity index is 1540. The van der Waals surface area contributed by atoms with Crippen molar-refractivity contribution < 1.29 is 39.8 Å². The number of carbonyl (C=O) groups excluding carboxylic acids is 1. The summed E-state index contributed by atoms with van der Waals surface area (Å²) in [5.41, 5.74) is 0. The molecule has 1 fully saturated rings. The molecule has 7 unspecified atom stereocenters. The molecule has 0 radical (unpaired) electrons. The van der Waals surface area contributed by atoms with Crippen molar-refractivity contribution in [2.75, 3.05) is 13.2 Å². The fourth-order valence-electron chi connectivity index (χ4n) is 10.4. The summed E-state index contributed by atoms with van der Waals surface area (Å²) in [5.74, 6) is -0.191. The molecule has 0 aromatic rings. The quantitative estimate of drug-likeness (QED) is 0.0261. The fraction of sp³-hybridized carbons (Fsp3) is 0.789. The Kier molecular flexibility index (Phi) is 56.1. The number of aliphatic hydroxyl groups is 5. The van der Waals surface area contributed by atoms with Gasteiger partial charge in [-0.05, 0) is 83.5 Å². The topological polar surface area (TPSA) is 149 Å². The van der Waals surface area contributed by atoms with E-state index in [4.69, 9.17) is 9.47 Å². The van der Waals surface area contributed by atoms with Crippen molar-refractivity contribution in [2.24, 2.45) is 0 Å². The Hall–Kier alpha value is -2.63. The average Bonchev–Trinajstić information content (AvgIpc) is 3.46. The van der Waals surface area contributed by atoms with E-state index in [1.54, 1.807) is 6.08 Å². The molecule has 464 valence electrons. The molecule has 1 aliphatic heterocycles. The van der Waals surface area contributed by atoms with E-state index in [-0.39, 0.29) is 12.5 Å². The lowest BCUT2D eigenvalue weighted by Crippen LogP contribution is -2.60. The number of hydrogen-bond acceptors (Lipinski definition) is 8. The van der Waals surface area contributed by atoms with Crippen LogP contribution < -0.4 is 5.32 Å². The minimum atomic E-state index is -1.58. The predicted octanol–water partition coefficient (Wildman–Crippen LogP) is 18.1. The van der Waals surface area contributed by atoms with Gasteiger partial charge in [0.15, 0.2) is 6.29 Å². The highest BCUT2D eigenvalue weighted by molar-refractivity contribution is 5.76. The second-order valence-electron chi connectivity index (χ2n) is 23.2. The summed E-state index contributed by atoms with van der Waals surface area (Å²) in [6.07, 6.45) is 78.3. The van der Waals surface area contributed by atoms with Crippen LogP contribution in [-0.2, 0) is 14.3 Å². The minimum absolute atomic E-state index is 0.191. The Morgan fingerprint density at radius 1 is 0.438 bits per heavy atom. The lowest BCUT2D eigenvalue weighted by atomic mass is 9.99. The molecule has 6 N–H and O–H groups in total. The van der Waals surface area contributed by atoms with Gasteiger partial charge < -0.3 is 40.3 Å². The second-order valence-corrected chi connectivity index (χ2v) is 23.2. The van der Waals surface area contributed by atoms with E-state index in [1.165, 1.54) is 212 Å². The monoisotopic (exact) mass is 1120 g/mol. The van der Waals surface area contributed by atoms with Crippen molar-refractivity contribution in [1.82, 2.24) is 5.32 Å². The summed E-state index contributed by atoms with van der Waals surface area (Å²) >= 11 is 0. The van der Waals surface area contributed by atoms with Gasteiger partial charge in [0, 0.05) is 6.42 Å². The number of hydrogen-bond donors (Lipinski definition) is 6. The van der Waals surface area contributed by atoms with Gasteiger partial charge in [0.1, 0.15) is 24.4 Å². The molecule has 1 rings (SSSR count). The van der Waals surface area contributed by atoms with Crippen LogP contribution in [0.3, 0.4) is 0 Å². The van der Waals surface area contributed by atoms with Crippen LogP contribution in [0.4, 0.5) is 0 Å². The van der Waals surface area contributed by atoms with Crippen molar-refractivity contribution in [1.29, 1.82) is 0 Å². The molecule has 0 spiro atoms. The number of rotatable bonds is 58. The van der Waals surface area contributed by atoms with Gasteiger partial charge in [0.25, 0.3) is 0 Å². The highest BCUT2D eigenvalue weighted by atomic mass is 16.7. The van der Waals surface area contributed by atoms with E-state index < -0.39 is 49.5 Å². The number of ether oxygens (including phenoxy) is 2. The number of amides is 1. The third-order valence-electron chi connectivity index (χ3n) is 15.7. The SMILES string of the molecule is CC/C=C\C/C=C\C/C=C\C/C=C\CCCCCCCCCCCCCCCCC(=O)NC(COC1OC(CO)C(O)C(O)C1O)C(O)/C=C/CC/C=C/CC/C=C/CCCCCCCCCCCCCCCCCCCCCC. The highest BCUT2D eigenvalue weighted by Gasteiger charge is 2.44. The standard InChI is InChI=1S/C71H127NO8/c1-3-5-7-9-11-13-15-17-19-21-23-25-27-29-31-32-33-35-36-38-40-42-44-46-48-50-52-54-56-58-60-65(74)64(63-79-71-70(78)69(77)68(76)66(62-73)80-71)72-67(75)61-59-57-55-53-51-49-47-45-43-41-39-37-34-30-28-26-24-22-20-18-16-14-12-10-8-6-4-2/h6,8,12,14,18,20,24,26,42,44,50,52,58,60,64-66,68-71,73-74,76-78H,3-5,7,9-11,13,15-17,19,21-23,25,27-41,43,45-49,51,53-57,59,61-63H2,1-2H3,(H,72,75)/b8-6-,14-12-,20-18-,26-24-,44-42+,52-50+,60-58+. The van der Waals surface area contributed by atoms with Crippen LogP contribution in [0.15, 0.2) is 85.1 Å². The largest absolute Gasteiger partial charge is 0.394 e. The molecule has 1 amide bonds. The Labute approximate surface area is 492 Å². The van der Waals surface area contributed by atoms with E-state index in [9.17, 15) is 30.3 Å². The first kappa shape index (κ1) is 75.4. The number of nitrogens with one attached hydrogen (secondary N) is 1. The molecule has 1 heterocycles. The first-order chi connectivity index (χ1) is 39.3. The average molecular weight is 1120 g/mol. The maximum Gasteiger partial charge on any atom is 0.220 e. The van der Waals surface area contributed by atoms with Crippen LogP contribution in [0.1, 0.15) is 303 Å². The molecule has 0 aromatic carbocycles. The van der Waals surface area contributed by atoms with Crippen LogP contribution in [0.25, 0.3) is 0 Å². The lowest BCUT2D eigenvalue weighted by Gasteiger charge is -2.40. The summed E-state index contributed by atoms with van der Waals surface area (Å²) < 4.78 is 11.3. The van der Waals surface area contributed by atoms with Gasteiger partial charge in [-0.25, -0.2) is 0 Å². The molecule has 7 atom stereocenters. The minimum Gasteiger partial charge on any atom is -0.394 e.